The molecule has 0 aliphatic rings. The second kappa shape index (κ2) is 6.70. The molecule has 0 atom stereocenters. The molecule has 0 fully saturated rings. The Morgan fingerprint density at radius 2 is 1.11 bits per heavy atom. The first-order valence-corrected chi connectivity index (χ1v) is 8.29. The van der Waals surface area contributed by atoms with Gasteiger partial charge in [0.15, 0.2) is 0 Å². The van der Waals surface area contributed by atoms with Gasteiger partial charge in [-0.05, 0) is 13.8 Å². The second-order valence-corrected chi connectivity index (χ2v) is 9.53. The summed E-state index contributed by atoms with van der Waals surface area (Å²) in [4.78, 5) is 23.6. The van der Waals surface area contributed by atoms with Crippen LogP contribution >= 0.6 is 0 Å². The van der Waals surface area contributed by atoms with Crippen molar-refractivity contribution >= 4 is 20.5 Å². The van der Waals surface area contributed by atoms with Gasteiger partial charge in [-0.3, -0.25) is 0 Å². The Morgan fingerprint density at radius 1 is 0.842 bits per heavy atom. The van der Waals surface area contributed by atoms with E-state index in [0.717, 1.165) is 0 Å². The summed E-state index contributed by atoms with van der Waals surface area (Å²) in [6.07, 6.45) is 0. The molecular formula is C14H24O4Si. The van der Waals surface area contributed by atoms with Gasteiger partial charge >= 0.3 is 20.5 Å². The van der Waals surface area contributed by atoms with Crippen LogP contribution in [0.2, 0.25) is 11.1 Å². The minimum absolute atomic E-state index is 0.0564. The zero-order valence-electron chi connectivity index (χ0n) is 12.7. The fraction of sp³-hybridized carbons (Fsp3) is 0.571. The molecule has 0 unspecified atom stereocenters. The van der Waals surface area contributed by atoms with E-state index in [0.29, 0.717) is 11.1 Å². The van der Waals surface area contributed by atoms with Crippen LogP contribution in [-0.4, -0.2) is 20.5 Å². The third-order valence-corrected chi connectivity index (χ3v) is 7.04. The molecular weight excluding hydrogens is 260 g/mol. The third kappa shape index (κ3) is 4.35. The topological polar surface area (TPSA) is 52.6 Å². The summed E-state index contributed by atoms with van der Waals surface area (Å²) in [5.74, 6) is -1.02. The quantitative estimate of drug-likeness (QED) is 0.553. The van der Waals surface area contributed by atoms with Crippen molar-refractivity contribution in [2.75, 3.05) is 0 Å². The Bertz CT molecular complexity index is 358. The number of rotatable bonds is 6. The largest absolute Gasteiger partial charge is 0.481 e. The van der Waals surface area contributed by atoms with Crippen molar-refractivity contribution in [1.29, 1.82) is 0 Å². The van der Waals surface area contributed by atoms with Crippen LogP contribution in [0.25, 0.3) is 0 Å². The van der Waals surface area contributed by atoms with E-state index >= 15 is 0 Å². The Balaban J connectivity index is 5.44. The van der Waals surface area contributed by atoms with E-state index in [4.69, 9.17) is 8.85 Å². The molecule has 0 spiro atoms. The molecule has 0 aliphatic heterocycles. The molecule has 0 aromatic rings. The maximum absolute atomic E-state index is 11.8. The van der Waals surface area contributed by atoms with Crippen LogP contribution in [0, 0.1) is 0 Å². The van der Waals surface area contributed by atoms with Gasteiger partial charge in [0.25, 0.3) is 0 Å². The summed E-state index contributed by atoms with van der Waals surface area (Å²) in [5, 5.41) is 0. The Labute approximate surface area is 116 Å². The molecule has 0 aromatic heterocycles. The van der Waals surface area contributed by atoms with Crippen LogP contribution < -0.4 is 0 Å². The molecule has 0 bridgehead atoms. The van der Waals surface area contributed by atoms with E-state index in [1.807, 2.05) is 27.7 Å². The molecule has 0 N–H and O–H groups in total. The van der Waals surface area contributed by atoms with Gasteiger partial charge in [0, 0.05) is 22.2 Å². The monoisotopic (exact) mass is 284 g/mol. The Hall–Kier alpha value is -1.36. The average Bonchev–Trinajstić information content (AvgIpc) is 2.26. The molecule has 0 rings (SSSR count). The zero-order chi connectivity index (χ0) is 15.4. The average molecular weight is 284 g/mol. The van der Waals surface area contributed by atoms with E-state index in [1.54, 1.807) is 13.8 Å². The highest BCUT2D eigenvalue weighted by Crippen LogP contribution is 2.35. The van der Waals surface area contributed by atoms with Crippen molar-refractivity contribution in [3.05, 3.63) is 24.3 Å². The molecule has 0 amide bonds. The Kier molecular flexibility index (Phi) is 6.22. The fourth-order valence-corrected chi connectivity index (χ4v) is 4.87. The first-order valence-electron chi connectivity index (χ1n) is 6.32. The molecule has 108 valence electrons. The van der Waals surface area contributed by atoms with Crippen LogP contribution in [0.4, 0.5) is 0 Å². The predicted octanol–water partition coefficient (Wildman–Crippen LogP) is 3.49. The fourth-order valence-electron chi connectivity index (χ4n) is 1.62. The van der Waals surface area contributed by atoms with Crippen LogP contribution in [-0.2, 0) is 18.4 Å². The van der Waals surface area contributed by atoms with Crippen molar-refractivity contribution in [1.82, 2.24) is 0 Å². The lowest BCUT2D eigenvalue weighted by atomic mass is 10.4. The highest BCUT2D eigenvalue weighted by atomic mass is 28.4. The molecule has 19 heavy (non-hydrogen) atoms. The highest BCUT2D eigenvalue weighted by molar-refractivity contribution is 6.73. The van der Waals surface area contributed by atoms with Crippen molar-refractivity contribution in [3.63, 3.8) is 0 Å². The van der Waals surface area contributed by atoms with Crippen molar-refractivity contribution in [2.45, 2.75) is 52.6 Å². The van der Waals surface area contributed by atoms with Crippen molar-refractivity contribution < 1.29 is 18.4 Å². The summed E-state index contributed by atoms with van der Waals surface area (Å²) in [5.41, 5.74) is 0.479. The summed E-state index contributed by atoms with van der Waals surface area (Å²) in [6.45, 7) is 17.8. The van der Waals surface area contributed by atoms with Gasteiger partial charge in [0.2, 0.25) is 0 Å². The summed E-state index contributed by atoms with van der Waals surface area (Å²) < 4.78 is 11.1. The van der Waals surface area contributed by atoms with Crippen LogP contribution in [0.5, 0.6) is 0 Å². The standard InChI is InChI=1S/C14H24O4Si/c1-9(2)13(15)17-19(11(5)6,12(7)8)18-14(16)10(3)4/h11-12H,1,3H2,2,4-8H3. The maximum atomic E-state index is 11.8. The van der Waals surface area contributed by atoms with Crippen molar-refractivity contribution in [3.8, 4) is 0 Å². The second-order valence-electron chi connectivity index (χ2n) is 5.37. The lowest BCUT2D eigenvalue weighted by Crippen LogP contribution is -2.51. The van der Waals surface area contributed by atoms with E-state index in [9.17, 15) is 9.59 Å². The summed E-state index contributed by atoms with van der Waals surface area (Å²) >= 11 is 0. The minimum Gasteiger partial charge on any atom is -0.481 e. The van der Waals surface area contributed by atoms with Gasteiger partial charge in [-0.1, -0.05) is 40.9 Å². The molecule has 0 saturated heterocycles. The molecule has 0 heterocycles. The molecule has 0 radical (unpaired) electrons. The highest BCUT2D eigenvalue weighted by Gasteiger charge is 2.51. The third-order valence-electron chi connectivity index (χ3n) is 2.81. The molecule has 4 nitrogen and oxygen atoms in total. The van der Waals surface area contributed by atoms with Gasteiger partial charge < -0.3 is 8.85 Å². The van der Waals surface area contributed by atoms with E-state index < -0.39 is 20.5 Å². The van der Waals surface area contributed by atoms with Gasteiger partial charge in [0.05, 0.1) is 0 Å². The number of carbonyl (C=O) groups is 2. The van der Waals surface area contributed by atoms with Gasteiger partial charge in [-0.25, -0.2) is 9.59 Å². The molecule has 0 aliphatic carbocycles. The van der Waals surface area contributed by atoms with E-state index in [-0.39, 0.29) is 11.1 Å². The first kappa shape index (κ1) is 17.6. The molecule has 0 saturated carbocycles. The smallest absolute Gasteiger partial charge is 0.470 e. The van der Waals surface area contributed by atoms with E-state index in [1.165, 1.54) is 0 Å². The van der Waals surface area contributed by atoms with E-state index in [2.05, 4.69) is 13.2 Å². The van der Waals surface area contributed by atoms with Crippen LogP contribution in [0.1, 0.15) is 41.5 Å². The Morgan fingerprint density at radius 3 is 1.26 bits per heavy atom. The normalized spacial score (nSPS) is 11.4. The van der Waals surface area contributed by atoms with Crippen molar-refractivity contribution in [2.24, 2.45) is 0 Å². The lowest BCUT2D eigenvalue weighted by Gasteiger charge is -2.35. The first-order chi connectivity index (χ1) is 8.54. The predicted molar refractivity (Wildman–Crippen MR) is 77.8 cm³/mol. The lowest BCUT2D eigenvalue weighted by molar-refractivity contribution is -0.137. The van der Waals surface area contributed by atoms with Gasteiger partial charge in [-0.2, -0.15) is 0 Å². The SMILES string of the molecule is C=C(C)C(=O)O[Si](OC(=O)C(=C)C)(C(C)C)C(C)C. The molecule has 5 heteroatoms. The zero-order valence-corrected chi connectivity index (χ0v) is 13.7. The molecule has 0 aromatic carbocycles. The number of carbonyl (C=O) groups excluding carboxylic acids is 2. The minimum atomic E-state index is -3.02. The number of hydrogen-bond acceptors (Lipinski definition) is 4. The van der Waals surface area contributed by atoms with Gasteiger partial charge in [-0.15, -0.1) is 0 Å². The number of hydrogen-bond donors (Lipinski definition) is 0. The van der Waals surface area contributed by atoms with Gasteiger partial charge in [0.1, 0.15) is 0 Å². The summed E-state index contributed by atoms with van der Waals surface area (Å²) in [6, 6.07) is 0. The van der Waals surface area contributed by atoms with Crippen LogP contribution in [0.15, 0.2) is 24.3 Å². The maximum Gasteiger partial charge on any atom is 0.470 e. The van der Waals surface area contributed by atoms with Crippen LogP contribution in [0.3, 0.4) is 0 Å². The summed E-state index contributed by atoms with van der Waals surface area (Å²) in [7, 11) is -3.02.